The molecule has 0 bridgehead atoms. The van der Waals surface area contributed by atoms with Crippen LogP contribution in [-0.4, -0.2) is 41.6 Å². The fourth-order valence-corrected chi connectivity index (χ4v) is 1.40. The number of non-ortho nitro benzene ring substituents is 1. The highest BCUT2D eigenvalue weighted by Gasteiger charge is 2.18. The van der Waals surface area contributed by atoms with Crippen LogP contribution < -0.4 is 15.4 Å². The molecule has 9 heteroatoms. The third kappa shape index (κ3) is 4.73. The van der Waals surface area contributed by atoms with E-state index in [-0.39, 0.29) is 23.7 Å². The van der Waals surface area contributed by atoms with Gasteiger partial charge in [-0.2, -0.15) is 0 Å². The first-order chi connectivity index (χ1) is 9.85. The Morgan fingerprint density at radius 1 is 1.43 bits per heavy atom. The number of aliphatic hydroxyl groups is 1. The number of nitro groups is 1. The molecule has 0 radical (unpaired) electrons. The monoisotopic (exact) mass is 297 g/mol. The molecule has 0 aliphatic rings. The van der Waals surface area contributed by atoms with E-state index < -0.39 is 22.8 Å². The molecule has 3 N–H and O–H groups in total. The first kappa shape index (κ1) is 16.4. The van der Waals surface area contributed by atoms with Crippen LogP contribution in [0.2, 0.25) is 0 Å². The number of nitrogens with one attached hydrogen (secondary N) is 2. The molecule has 0 aromatic heterocycles. The Labute approximate surface area is 120 Å². The summed E-state index contributed by atoms with van der Waals surface area (Å²) < 4.78 is 4.92. The van der Waals surface area contributed by atoms with Crippen LogP contribution in [0.15, 0.2) is 18.2 Å². The van der Waals surface area contributed by atoms with E-state index >= 15 is 0 Å². The highest BCUT2D eigenvalue weighted by atomic mass is 16.6. The lowest BCUT2D eigenvalue weighted by atomic mass is 10.2. The Kier molecular flexibility index (Phi) is 5.61. The van der Waals surface area contributed by atoms with E-state index in [4.69, 9.17) is 9.84 Å². The summed E-state index contributed by atoms with van der Waals surface area (Å²) in [4.78, 5) is 33.1. The molecule has 0 saturated heterocycles. The Morgan fingerprint density at radius 2 is 2.10 bits per heavy atom. The average molecular weight is 297 g/mol. The molecule has 0 saturated carbocycles. The number of amides is 2. The summed E-state index contributed by atoms with van der Waals surface area (Å²) in [6.45, 7) is 1.39. The fraction of sp³-hybridized carbons (Fsp3) is 0.333. The molecular weight excluding hydrogens is 282 g/mol. The third-order valence-electron chi connectivity index (χ3n) is 2.41. The quantitative estimate of drug-likeness (QED) is 0.399. The van der Waals surface area contributed by atoms with Crippen molar-refractivity contribution in [2.45, 2.75) is 13.0 Å². The second-order valence-electron chi connectivity index (χ2n) is 4.15. The molecule has 21 heavy (non-hydrogen) atoms. The SMILES string of the molecule is COc1cc([N+](=O)[O-])ccc1NC(=O)C(=O)NCC(C)O. The molecule has 114 valence electrons. The topological polar surface area (TPSA) is 131 Å². The van der Waals surface area contributed by atoms with Crippen molar-refractivity contribution in [3.63, 3.8) is 0 Å². The second-order valence-corrected chi connectivity index (χ2v) is 4.15. The molecule has 0 spiro atoms. The van der Waals surface area contributed by atoms with Gasteiger partial charge in [0, 0.05) is 12.6 Å². The highest BCUT2D eigenvalue weighted by Crippen LogP contribution is 2.28. The van der Waals surface area contributed by atoms with E-state index in [0.717, 1.165) is 6.07 Å². The molecule has 2 amide bonds. The number of benzene rings is 1. The minimum atomic E-state index is -0.970. The summed E-state index contributed by atoms with van der Waals surface area (Å²) in [5.41, 5.74) is -0.0799. The van der Waals surface area contributed by atoms with E-state index in [2.05, 4.69) is 10.6 Å². The molecule has 0 fully saturated rings. The van der Waals surface area contributed by atoms with Crippen molar-refractivity contribution in [3.05, 3.63) is 28.3 Å². The second kappa shape index (κ2) is 7.20. The van der Waals surface area contributed by atoms with Crippen molar-refractivity contribution in [1.29, 1.82) is 0 Å². The zero-order valence-electron chi connectivity index (χ0n) is 11.5. The van der Waals surface area contributed by atoms with Crippen molar-refractivity contribution in [3.8, 4) is 5.75 Å². The van der Waals surface area contributed by atoms with Crippen molar-refractivity contribution in [2.24, 2.45) is 0 Å². The van der Waals surface area contributed by atoms with E-state index in [1.54, 1.807) is 0 Å². The van der Waals surface area contributed by atoms with Gasteiger partial charge in [0.2, 0.25) is 0 Å². The summed E-state index contributed by atoms with van der Waals surface area (Å²) in [7, 11) is 1.28. The lowest BCUT2D eigenvalue weighted by Crippen LogP contribution is -2.38. The molecular formula is C12H15N3O6. The highest BCUT2D eigenvalue weighted by molar-refractivity contribution is 6.39. The molecule has 0 heterocycles. The van der Waals surface area contributed by atoms with Gasteiger partial charge in [0.25, 0.3) is 5.69 Å². The van der Waals surface area contributed by atoms with E-state index in [9.17, 15) is 19.7 Å². The van der Waals surface area contributed by atoms with Gasteiger partial charge < -0.3 is 20.5 Å². The maximum absolute atomic E-state index is 11.6. The largest absolute Gasteiger partial charge is 0.494 e. The van der Waals surface area contributed by atoms with Crippen LogP contribution in [0.4, 0.5) is 11.4 Å². The number of ether oxygens (including phenoxy) is 1. The zero-order valence-corrected chi connectivity index (χ0v) is 11.5. The normalized spacial score (nSPS) is 11.4. The Hall–Kier alpha value is -2.68. The zero-order chi connectivity index (χ0) is 16.0. The summed E-state index contributed by atoms with van der Waals surface area (Å²) >= 11 is 0. The first-order valence-corrected chi connectivity index (χ1v) is 5.94. The fourth-order valence-electron chi connectivity index (χ4n) is 1.40. The lowest BCUT2D eigenvalue weighted by Gasteiger charge is -2.10. The number of hydrogen-bond acceptors (Lipinski definition) is 6. The minimum absolute atomic E-state index is 0.0564. The van der Waals surface area contributed by atoms with Gasteiger partial charge in [-0.15, -0.1) is 0 Å². The standard InChI is InChI=1S/C12H15N3O6/c1-7(16)6-13-11(17)12(18)14-9-4-3-8(15(19)20)5-10(9)21-2/h3-5,7,16H,6H2,1-2H3,(H,13,17)(H,14,18). The van der Waals surface area contributed by atoms with Crippen molar-refractivity contribution in [2.75, 3.05) is 19.0 Å². The predicted molar refractivity (Wildman–Crippen MR) is 73.0 cm³/mol. The molecule has 1 aromatic carbocycles. The summed E-state index contributed by atoms with van der Waals surface area (Å²) in [6.07, 6.45) is -0.782. The Bertz CT molecular complexity index is 558. The molecule has 0 aliphatic heterocycles. The van der Waals surface area contributed by atoms with Crippen LogP contribution in [0, 0.1) is 10.1 Å². The number of rotatable bonds is 5. The van der Waals surface area contributed by atoms with E-state index in [0.29, 0.717) is 0 Å². The predicted octanol–water partition coefficient (Wildman–Crippen LogP) is 0.0389. The maximum atomic E-state index is 11.6. The average Bonchev–Trinajstić information content (AvgIpc) is 2.44. The molecule has 1 rings (SSSR count). The van der Waals surface area contributed by atoms with Crippen molar-refractivity contribution < 1.29 is 24.4 Å². The van der Waals surface area contributed by atoms with Crippen molar-refractivity contribution >= 4 is 23.2 Å². The number of methoxy groups -OCH3 is 1. The summed E-state index contributed by atoms with van der Waals surface area (Å²) in [5, 5.41) is 24.1. The number of carbonyl (C=O) groups is 2. The van der Waals surface area contributed by atoms with Crippen LogP contribution >= 0.6 is 0 Å². The van der Waals surface area contributed by atoms with Crippen molar-refractivity contribution in [1.82, 2.24) is 5.32 Å². The van der Waals surface area contributed by atoms with Gasteiger partial charge in [-0.3, -0.25) is 19.7 Å². The molecule has 9 nitrogen and oxygen atoms in total. The van der Waals surface area contributed by atoms with Crippen LogP contribution in [0.1, 0.15) is 6.92 Å². The Morgan fingerprint density at radius 3 is 2.62 bits per heavy atom. The van der Waals surface area contributed by atoms with E-state index in [1.807, 2.05) is 0 Å². The van der Waals surface area contributed by atoms with Crippen LogP contribution in [0.3, 0.4) is 0 Å². The molecule has 0 aliphatic carbocycles. The van der Waals surface area contributed by atoms with E-state index in [1.165, 1.54) is 26.2 Å². The number of anilines is 1. The minimum Gasteiger partial charge on any atom is -0.494 e. The van der Waals surface area contributed by atoms with Gasteiger partial charge in [-0.1, -0.05) is 0 Å². The van der Waals surface area contributed by atoms with Gasteiger partial charge in [-0.25, -0.2) is 0 Å². The molecule has 1 atom stereocenters. The number of carbonyl (C=O) groups excluding carboxylic acids is 2. The number of nitrogens with zero attached hydrogens (tertiary/aromatic N) is 1. The van der Waals surface area contributed by atoms with Gasteiger partial charge in [0.15, 0.2) is 0 Å². The summed E-state index contributed by atoms with van der Waals surface area (Å²) in [5.74, 6) is -1.85. The maximum Gasteiger partial charge on any atom is 0.313 e. The smallest absolute Gasteiger partial charge is 0.313 e. The van der Waals surface area contributed by atoms with Crippen LogP contribution in [-0.2, 0) is 9.59 Å². The first-order valence-electron chi connectivity index (χ1n) is 5.94. The lowest BCUT2D eigenvalue weighted by molar-refractivity contribution is -0.384. The third-order valence-corrected chi connectivity index (χ3v) is 2.41. The van der Waals surface area contributed by atoms with Crippen LogP contribution in [0.5, 0.6) is 5.75 Å². The molecule has 1 aromatic rings. The van der Waals surface area contributed by atoms with Gasteiger partial charge in [0.1, 0.15) is 5.75 Å². The van der Waals surface area contributed by atoms with Gasteiger partial charge >= 0.3 is 11.8 Å². The van der Waals surface area contributed by atoms with Crippen LogP contribution in [0.25, 0.3) is 0 Å². The van der Waals surface area contributed by atoms with Gasteiger partial charge in [-0.05, 0) is 13.0 Å². The Balaban J connectivity index is 2.80. The molecule has 1 unspecified atom stereocenters. The number of hydrogen-bond donors (Lipinski definition) is 3. The van der Waals surface area contributed by atoms with Gasteiger partial charge in [0.05, 0.1) is 29.9 Å². The number of nitro benzene ring substituents is 1. The summed E-state index contributed by atoms with van der Waals surface area (Å²) in [6, 6.07) is 3.56. The number of aliphatic hydroxyl groups excluding tert-OH is 1.